The van der Waals surface area contributed by atoms with Crippen molar-refractivity contribution in [3.63, 3.8) is 0 Å². The summed E-state index contributed by atoms with van der Waals surface area (Å²) in [5.41, 5.74) is 0. The highest BCUT2D eigenvalue weighted by molar-refractivity contribution is 6.29. The zero-order valence-corrected chi connectivity index (χ0v) is 11.0. The maximum absolute atomic E-state index is 6.02. The SMILES string of the molecule is CC1OCCC1N(C)c1cc(Cl)nc2ncnn12. The van der Waals surface area contributed by atoms with Crippen LogP contribution in [0.5, 0.6) is 0 Å². The smallest absolute Gasteiger partial charge is 0.255 e. The van der Waals surface area contributed by atoms with E-state index in [4.69, 9.17) is 16.3 Å². The highest BCUT2D eigenvalue weighted by Gasteiger charge is 2.29. The van der Waals surface area contributed by atoms with Crippen molar-refractivity contribution < 1.29 is 4.74 Å². The summed E-state index contributed by atoms with van der Waals surface area (Å²) in [4.78, 5) is 10.3. The Morgan fingerprint density at radius 3 is 3.11 bits per heavy atom. The average molecular weight is 268 g/mol. The van der Waals surface area contributed by atoms with Crippen molar-refractivity contribution in [3.05, 3.63) is 17.5 Å². The minimum Gasteiger partial charge on any atom is -0.376 e. The minimum atomic E-state index is 0.195. The fraction of sp³-hybridized carbons (Fsp3) is 0.545. The quantitative estimate of drug-likeness (QED) is 0.770. The van der Waals surface area contributed by atoms with Crippen LogP contribution < -0.4 is 4.90 Å². The van der Waals surface area contributed by atoms with Gasteiger partial charge < -0.3 is 9.64 Å². The second-order valence-corrected chi connectivity index (χ2v) is 4.84. The van der Waals surface area contributed by atoms with Crippen molar-refractivity contribution in [3.8, 4) is 0 Å². The van der Waals surface area contributed by atoms with Gasteiger partial charge in [0.1, 0.15) is 17.3 Å². The van der Waals surface area contributed by atoms with Crippen molar-refractivity contribution in [2.75, 3.05) is 18.6 Å². The summed E-state index contributed by atoms with van der Waals surface area (Å²) in [6.07, 6.45) is 2.67. The van der Waals surface area contributed by atoms with E-state index in [2.05, 4.69) is 26.9 Å². The third-order valence-electron chi connectivity index (χ3n) is 3.40. The van der Waals surface area contributed by atoms with Crippen LogP contribution in [0.25, 0.3) is 5.78 Å². The largest absolute Gasteiger partial charge is 0.376 e. The lowest BCUT2D eigenvalue weighted by molar-refractivity contribution is 0.118. The van der Waals surface area contributed by atoms with Crippen LogP contribution >= 0.6 is 11.6 Å². The molecule has 3 rings (SSSR count). The molecular formula is C11H14ClN5O. The third-order valence-corrected chi connectivity index (χ3v) is 3.59. The molecule has 7 heteroatoms. The molecule has 18 heavy (non-hydrogen) atoms. The summed E-state index contributed by atoms with van der Waals surface area (Å²) >= 11 is 6.02. The van der Waals surface area contributed by atoms with E-state index in [1.54, 1.807) is 10.6 Å². The normalized spacial score (nSPS) is 23.7. The summed E-state index contributed by atoms with van der Waals surface area (Å²) in [5, 5.41) is 4.60. The number of hydrogen-bond donors (Lipinski definition) is 0. The van der Waals surface area contributed by atoms with Gasteiger partial charge in [-0.3, -0.25) is 0 Å². The highest BCUT2D eigenvalue weighted by Crippen LogP contribution is 2.25. The summed E-state index contributed by atoms with van der Waals surface area (Å²) in [5.74, 6) is 1.39. The molecule has 2 aromatic rings. The highest BCUT2D eigenvalue weighted by atomic mass is 35.5. The predicted molar refractivity (Wildman–Crippen MR) is 68.0 cm³/mol. The first-order chi connectivity index (χ1) is 8.66. The summed E-state index contributed by atoms with van der Waals surface area (Å²) < 4.78 is 7.29. The first kappa shape index (κ1) is 11.7. The molecular weight excluding hydrogens is 254 g/mol. The van der Waals surface area contributed by atoms with Gasteiger partial charge in [0, 0.05) is 19.7 Å². The lowest BCUT2D eigenvalue weighted by Crippen LogP contribution is -2.38. The standard InChI is InChI=1S/C11H14ClN5O/c1-7-8(3-4-18-7)16(2)10-5-9(12)15-11-13-6-14-17(10)11/h5-8H,3-4H2,1-2H3. The van der Waals surface area contributed by atoms with Gasteiger partial charge in [-0.25, -0.2) is 0 Å². The lowest BCUT2D eigenvalue weighted by Gasteiger charge is -2.28. The van der Waals surface area contributed by atoms with Crippen LogP contribution in [0, 0.1) is 0 Å². The van der Waals surface area contributed by atoms with E-state index >= 15 is 0 Å². The number of rotatable bonds is 2. The van der Waals surface area contributed by atoms with Crippen molar-refractivity contribution in [2.24, 2.45) is 0 Å². The zero-order valence-electron chi connectivity index (χ0n) is 10.2. The van der Waals surface area contributed by atoms with Gasteiger partial charge >= 0.3 is 0 Å². The molecule has 0 saturated carbocycles. The third kappa shape index (κ3) is 1.81. The van der Waals surface area contributed by atoms with E-state index in [0.717, 1.165) is 18.8 Å². The van der Waals surface area contributed by atoms with Crippen molar-refractivity contribution in [1.82, 2.24) is 19.6 Å². The molecule has 3 heterocycles. The van der Waals surface area contributed by atoms with Crippen LogP contribution in [0.2, 0.25) is 5.15 Å². The summed E-state index contributed by atoms with van der Waals surface area (Å²) in [7, 11) is 2.02. The van der Waals surface area contributed by atoms with E-state index in [-0.39, 0.29) is 6.10 Å². The maximum atomic E-state index is 6.02. The molecule has 2 atom stereocenters. The summed E-state index contributed by atoms with van der Waals surface area (Å²) in [6, 6.07) is 2.12. The maximum Gasteiger partial charge on any atom is 0.255 e. The average Bonchev–Trinajstić information content (AvgIpc) is 2.95. The van der Waals surface area contributed by atoms with E-state index in [9.17, 15) is 0 Å². The van der Waals surface area contributed by atoms with Crippen LogP contribution in [0.3, 0.4) is 0 Å². The molecule has 0 amide bonds. The molecule has 1 aliphatic rings. The van der Waals surface area contributed by atoms with Crippen LogP contribution in [0.15, 0.2) is 12.4 Å². The Morgan fingerprint density at radius 1 is 1.56 bits per heavy atom. The molecule has 1 aliphatic heterocycles. The molecule has 0 aliphatic carbocycles. The number of nitrogens with zero attached hydrogens (tertiary/aromatic N) is 5. The van der Waals surface area contributed by atoms with Crippen molar-refractivity contribution in [2.45, 2.75) is 25.5 Å². The van der Waals surface area contributed by atoms with Crippen LogP contribution in [-0.2, 0) is 4.74 Å². The molecule has 0 N–H and O–H groups in total. The number of hydrogen-bond acceptors (Lipinski definition) is 5. The Labute approximate surface area is 110 Å². The van der Waals surface area contributed by atoms with Crippen LogP contribution in [0.1, 0.15) is 13.3 Å². The second kappa shape index (κ2) is 4.37. The van der Waals surface area contributed by atoms with Gasteiger partial charge in [0.25, 0.3) is 5.78 Å². The molecule has 1 fully saturated rings. The number of ether oxygens (including phenoxy) is 1. The van der Waals surface area contributed by atoms with Gasteiger partial charge in [0.05, 0.1) is 12.1 Å². The minimum absolute atomic E-state index is 0.195. The monoisotopic (exact) mass is 267 g/mol. The van der Waals surface area contributed by atoms with Gasteiger partial charge in [-0.1, -0.05) is 11.6 Å². The van der Waals surface area contributed by atoms with Gasteiger partial charge in [-0.2, -0.15) is 19.6 Å². The van der Waals surface area contributed by atoms with E-state index in [1.807, 2.05) is 7.05 Å². The van der Waals surface area contributed by atoms with Crippen LogP contribution in [0.4, 0.5) is 5.82 Å². The van der Waals surface area contributed by atoms with E-state index < -0.39 is 0 Å². The van der Waals surface area contributed by atoms with Crippen molar-refractivity contribution in [1.29, 1.82) is 0 Å². The summed E-state index contributed by atoms with van der Waals surface area (Å²) in [6.45, 7) is 2.87. The molecule has 1 saturated heterocycles. The lowest BCUT2D eigenvalue weighted by atomic mass is 10.1. The van der Waals surface area contributed by atoms with Crippen molar-refractivity contribution >= 4 is 23.2 Å². The molecule has 2 aromatic heterocycles. The molecule has 96 valence electrons. The number of aromatic nitrogens is 4. The fourth-order valence-electron chi connectivity index (χ4n) is 2.42. The Hall–Kier alpha value is -1.40. The number of anilines is 1. The van der Waals surface area contributed by atoms with Crippen LogP contribution in [-0.4, -0.2) is 45.4 Å². The molecule has 0 bridgehead atoms. The van der Waals surface area contributed by atoms with E-state index in [0.29, 0.717) is 17.0 Å². The number of likely N-dealkylation sites (N-methyl/N-ethyl adjacent to an activating group) is 1. The zero-order chi connectivity index (χ0) is 12.7. The van der Waals surface area contributed by atoms with Gasteiger partial charge in [0.15, 0.2) is 0 Å². The van der Waals surface area contributed by atoms with Gasteiger partial charge in [-0.05, 0) is 13.3 Å². The fourth-order valence-corrected chi connectivity index (χ4v) is 2.59. The Balaban J connectivity index is 2.04. The molecule has 0 radical (unpaired) electrons. The predicted octanol–water partition coefficient (Wildman–Crippen LogP) is 1.39. The van der Waals surface area contributed by atoms with E-state index in [1.165, 1.54) is 6.33 Å². The number of fused-ring (bicyclic) bond motifs is 1. The molecule has 2 unspecified atom stereocenters. The Kier molecular flexibility index (Phi) is 2.83. The first-order valence-corrected chi connectivity index (χ1v) is 6.25. The number of halogens is 1. The second-order valence-electron chi connectivity index (χ2n) is 4.45. The first-order valence-electron chi connectivity index (χ1n) is 5.87. The Bertz CT molecular complexity index is 572. The molecule has 0 spiro atoms. The molecule has 6 nitrogen and oxygen atoms in total. The van der Waals surface area contributed by atoms with Gasteiger partial charge in [-0.15, -0.1) is 0 Å². The van der Waals surface area contributed by atoms with Gasteiger partial charge in [0.2, 0.25) is 0 Å². The molecule has 0 aromatic carbocycles. The Morgan fingerprint density at radius 2 is 2.39 bits per heavy atom. The topological polar surface area (TPSA) is 55.5 Å².